The molecule has 0 unspecified atom stereocenters. The van der Waals surface area contributed by atoms with Crippen molar-refractivity contribution in [2.75, 3.05) is 32.8 Å². The van der Waals surface area contributed by atoms with E-state index < -0.39 is 17.2 Å². The molecule has 23 heavy (non-hydrogen) atoms. The third-order valence-electron chi connectivity index (χ3n) is 4.28. The fraction of sp³-hybridized carbons (Fsp3) is 0.625. The molecule has 1 aliphatic heterocycles. The van der Waals surface area contributed by atoms with Gasteiger partial charge in [0.2, 0.25) is 0 Å². The first-order chi connectivity index (χ1) is 10.7. The van der Waals surface area contributed by atoms with Gasteiger partial charge in [-0.2, -0.15) is 13.2 Å². The van der Waals surface area contributed by atoms with Gasteiger partial charge in [-0.15, -0.1) is 0 Å². The van der Waals surface area contributed by atoms with Crippen molar-refractivity contribution in [3.63, 3.8) is 0 Å². The van der Waals surface area contributed by atoms with Gasteiger partial charge in [-0.3, -0.25) is 4.90 Å². The van der Waals surface area contributed by atoms with Crippen LogP contribution in [0, 0.1) is 5.41 Å². The van der Waals surface area contributed by atoms with Crippen LogP contribution in [0.15, 0.2) is 18.2 Å². The van der Waals surface area contributed by atoms with Crippen LogP contribution in [-0.4, -0.2) is 42.8 Å². The summed E-state index contributed by atoms with van der Waals surface area (Å²) in [4.78, 5) is 2.09. The second kappa shape index (κ2) is 6.97. The van der Waals surface area contributed by atoms with Crippen LogP contribution in [0.2, 0.25) is 5.02 Å². The normalized spacial score (nSPS) is 18.9. The maximum absolute atomic E-state index is 13.1. The smallest absolute Gasteiger partial charge is 0.396 e. The fourth-order valence-corrected chi connectivity index (χ4v) is 3.29. The van der Waals surface area contributed by atoms with Crippen molar-refractivity contribution < 1.29 is 18.3 Å². The molecule has 0 aromatic heterocycles. The molecule has 7 heteroatoms. The average Bonchev–Trinajstić information content (AvgIpc) is 2.49. The number of halogens is 4. The summed E-state index contributed by atoms with van der Waals surface area (Å²) in [6, 6.07) is 3.02. The van der Waals surface area contributed by atoms with Gasteiger partial charge in [0.25, 0.3) is 0 Å². The van der Waals surface area contributed by atoms with E-state index in [0.29, 0.717) is 23.7 Å². The van der Waals surface area contributed by atoms with E-state index in [4.69, 9.17) is 11.6 Å². The number of piperazine rings is 1. The second-order valence-corrected chi connectivity index (χ2v) is 6.98. The molecule has 0 aliphatic carbocycles. The van der Waals surface area contributed by atoms with Crippen LogP contribution in [0.5, 0.6) is 0 Å². The van der Waals surface area contributed by atoms with Gasteiger partial charge in [-0.05, 0) is 23.8 Å². The molecule has 1 heterocycles. The van der Waals surface area contributed by atoms with Crippen LogP contribution >= 0.6 is 11.6 Å². The Morgan fingerprint density at radius 1 is 1.26 bits per heavy atom. The summed E-state index contributed by atoms with van der Waals surface area (Å²) in [6.07, 6.45) is -4.42. The molecule has 1 saturated heterocycles. The lowest BCUT2D eigenvalue weighted by Gasteiger charge is -2.44. The molecule has 0 spiro atoms. The Hall–Kier alpha value is -0.820. The Morgan fingerprint density at radius 2 is 1.87 bits per heavy atom. The predicted octanol–water partition coefficient (Wildman–Crippen LogP) is 3.32. The molecule has 1 aromatic rings. The average molecular weight is 351 g/mol. The largest absolute Gasteiger partial charge is 0.416 e. The van der Waals surface area contributed by atoms with Crippen molar-refractivity contribution in [3.05, 3.63) is 34.3 Å². The summed E-state index contributed by atoms with van der Waals surface area (Å²) in [5, 5.41) is 13.3. The van der Waals surface area contributed by atoms with E-state index >= 15 is 0 Å². The molecule has 0 bridgehead atoms. The molecule has 2 N–H and O–H groups in total. The molecule has 2 rings (SSSR count). The van der Waals surface area contributed by atoms with Crippen molar-refractivity contribution in [2.24, 2.45) is 5.41 Å². The third-order valence-corrected chi connectivity index (χ3v) is 4.63. The highest BCUT2D eigenvalue weighted by Crippen LogP contribution is 2.43. The lowest BCUT2D eigenvalue weighted by Crippen LogP contribution is -2.49. The summed E-state index contributed by atoms with van der Waals surface area (Å²) >= 11 is 6.23. The van der Waals surface area contributed by atoms with Crippen LogP contribution < -0.4 is 5.32 Å². The molecule has 0 radical (unpaired) electrons. The lowest BCUT2D eigenvalue weighted by atomic mass is 9.79. The van der Waals surface area contributed by atoms with E-state index in [1.165, 1.54) is 6.07 Å². The first kappa shape index (κ1) is 18.5. The molecule has 130 valence electrons. The van der Waals surface area contributed by atoms with E-state index in [9.17, 15) is 18.3 Å². The molecule has 1 aromatic carbocycles. The van der Waals surface area contributed by atoms with Gasteiger partial charge >= 0.3 is 6.18 Å². The molecule has 0 saturated carbocycles. The third kappa shape index (κ3) is 4.18. The summed E-state index contributed by atoms with van der Waals surface area (Å²) in [6.45, 7) is 6.45. The Morgan fingerprint density at radius 3 is 2.39 bits per heavy atom. The summed E-state index contributed by atoms with van der Waals surface area (Å²) in [5.41, 5.74) is -0.918. The van der Waals surface area contributed by atoms with Crippen molar-refractivity contribution in [1.82, 2.24) is 10.2 Å². The van der Waals surface area contributed by atoms with Crippen LogP contribution in [-0.2, 0) is 6.18 Å². The van der Waals surface area contributed by atoms with Crippen molar-refractivity contribution >= 4 is 11.6 Å². The summed E-state index contributed by atoms with van der Waals surface area (Å²) in [5.74, 6) is 0. The zero-order chi connectivity index (χ0) is 17.3. The topological polar surface area (TPSA) is 35.5 Å². The molecule has 3 nitrogen and oxygen atoms in total. The number of benzene rings is 1. The maximum atomic E-state index is 13.1. The van der Waals surface area contributed by atoms with E-state index in [1.807, 2.05) is 13.8 Å². The standard InChI is InChI=1S/C16H22ClF3N2O/c1-15(2,10-23)14(22-7-5-21-6-8-22)12-9-11(16(18,19)20)3-4-13(12)17/h3-4,9,14,21,23H,5-8,10H2,1-2H3/t14-/m0/s1. The lowest BCUT2D eigenvalue weighted by molar-refractivity contribution is -0.137. The first-order valence-electron chi connectivity index (χ1n) is 7.59. The number of rotatable bonds is 4. The minimum atomic E-state index is -4.42. The maximum Gasteiger partial charge on any atom is 0.416 e. The van der Waals surface area contributed by atoms with Crippen molar-refractivity contribution in [1.29, 1.82) is 0 Å². The number of hydrogen-bond donors (Lipinski definition) is 2. The number of aliphatic hydroxyl groups is 1. The summed E-state index contributed by atoms with van der Waals surface area (Å²) < 4.78 is 39.2. The van der Waals surface area contributed by atoms with Gasteiger partial charge in [0, 0.05) is 49.3 Å². The predicted molar refractivity (Wildman–Crippen MR) is 84.5 cm³/mol. The Bertz CT molecular complexity index is 543. The highest BCUT2D eigenvalue weighted by molar-refractivity contribution is 6.31. The Kier molecular flexibility index (Phi) is 5.61. The van der Waals surface area contributed by atoms with E-state index in [2.05, 4.69) is 10.2 Å². The van der Waals surface area contributed by atoms with Crippen LogP contribution in [0.3, 0.4) is 0 Å². The van der Waals surface area contributed by atoms with Gasteiger partial charge in [-0.25, -0.2) is 0 Å². The fourth-order valence-electron chi connectivity index (χ4n) is 3.07. The van der Waals surface area contributed by atoms with Gasteiger partial charge in [-0.1, -0.05) is 25.4 Å². The quantitative estimate of drug-likeness (QED) is 0.874. The number of nitrogens with zero attached hydrogens (tertiary/aromatic N) is 1. The van der Waals surface area contributed by atoms with E-state index in [-0.39, 0.29) is 12.6 Å². The number of aliphatic hydroxyl groups excluding tert-OH is 1. The second-order valence-electron chi connectivity index (χ2n) is 6.57. The number of nitrogens with one attached hydrogen (secondary N) is 1. The van der Waals surface area contributed by atoms with E-state index in [0.717, 1.165) is 25.2 Å². The van der Waals surface area contributed by atoms with Crippen LogP contribution in [0.4, 0.5) is 13.2 Å². The van der Waals surface area contributed by atoms with E-state index in [1.54, 1.807) is 0 Å². The molecular weight excluding hydrogens is 329 g/mol. The van der Waals surface area contributed by atoms with Crippen molar-refractivity contribution in [2.45, 2.75) is 26.1 Å². The zero-order valence-electron chi connectivity index (χ0n) is 13.3. The van der Waals surface area contributed by atoms with Gasteiger partial charge in [0.05, 0.1) is 5.56 Å². The molecule has 1 atom stereocenters. The highest BCUT2D eigenvalue weighted by Gasteiger charge is 2.39. The van der Waals surface area contributed by atoms with Crippen LogP contribution in [0.25, 0.3) is 0 Å². The van der Waals surface area contributed by atoms with Gasteiger partial charge in [0.15, 0.2) is 0 Å². The van der Waals surface area contributed by atoms with Crippen molar-refractivity contribution in [3.8, 4) is 0 Å². The SMILES string of the molecule is CC(C)(CO)[C@H](c1cc(C(F)(F)F)ccc1Cl)N1CCNCC1. The monoisotopic (exact) mass is 350 g/mol. The molecule has 0 amide bonds. The zero-order valence-corrected chi connectivity index (χ0v) is 14.0. The molecule has 1 aliphatic rings. The Balaban J connectivity index is 2.50. The first-order valence-corrected chi connectivity index (χ1v) is 7.97. The number of hydrogen-bond acceptors (Lipinski definition) is 3. The minimum Gasteiger partial charge on any atom is -0.396 e. The van der Waals surface area contributed by atoms with Crippen LogP contribution in [0.1, 0.15) is 31.0 Å². The molecule has 1 fully saturated rings. The van der Waals surface area contributed by atoms with Gasteiger partial charge < -0.3 is 10.4 Å². The van der Waals surface area contributed by atoms with Gasteiger partial charge in [0.1, 0.15) is 0 Å². The Labute approximate surface area is 139 Å². The minimum absolute atomic E-state index is 0.145. The highest BCUT2D eigenvalue weighted by atomic mass is 35.5. The number of alkyl halides is 3. The summed E-state index contributed by atoms with van der Waals surface area (Å²) in [7, 11) is 0. The molecular formula is C16H22ClF3N2O.